The van der Waals surface area contributed by atoms with Crippen molar-refractivity contribution in [1.82, 2.24) is 10.2 Å². The summed E-state index contributed by atoms with van der Waals surface area (Å²) in [5.74, 6) is -0.645. The molecular formula is C32H41N3O4S. The third-order valence-electron chi connectivity index (χ3n) is 6.97. The van der Waals surface area contributed by atoms with E-state index in [1.807, 2.05) is 70.2 Å². The van der Waals surface area contributed by atoms with Crippen molar-refractivity contribution in [1.29, 1.82) is 0 Å². The number of anilines is 1. The van der Waals surface area contributed by atoms with Crippen molar-refractivity contribution < 1.29 is 18.0 Å². The van der Waals surface area contributed by atoms with Crippen LogP contribution < -0.4 is 9.62 Å². The molecule has 0 spiro atoms. The third-order valence-corrected chi connectivity index (χ3v) is 8.75. The molecule has 2 amide bonds. The van der Waals surface area contributed by atoms with Crippen molar-refractivity contribution in [3.05, 3.63) is 95.6 Å². The van der Waals surface area contributed by atoms with Gasteiger partial charge in [-0.05, 0) is 62.4 Å². The fourth-order valence-corrected chi connectivity index (χ4v) is 6.07. The van der Waals surface area contributed by atoms with Crippen molar-refractivity contribution in [2.45, 2.75) is 64.3 Å². The van der Waals surface area contributed by atoms with Gasteiger partial charge in [0.2, 0.25) is 11.8 Å². The number of unbranched alkanes of at least 4 members (excludes halogenated alkanes) is 1. The lowest BCUT2D eigenvalue weighted by atomic mass is 10.1. The van der Waals surface area contributed by atoms with E-state index in [0.29, 0.717) is 25.1 Å². The Morgan fingerprint density at radius 1 is 0.875 bits per heavy atom. The predicted octanol–water partition coefficient (Wildman–Crippen LogP) is 5.26. The smallest absolute Gasteiger partial charge is 0.264 e. The second kappa shape index (κ2) is 14.7. The highest BCUT2D eigenvalue weighted by Crippen LogP contribution is 2.27. The maximum atomic E-state index is 14.1. The highest BCUT2D eigenvalue weighted by atomic mass is 32.2. The third kappa shape index (κ3) is 7.94. The van der Waals surface area contributed by atoms with Crippen LogP contribution in [0.1, 0.15) is 49.8 Å². The molecule has 40 heavy (non-hydrogen) atoms. The zero-order valence-corrected chi connectivity index (χ0v) is 24.8. The molecule has 3 aromatic rings. The lowest BCUT2D eigenvalue weighted by Crippen LogP contribution is -2.53. The molecule has 0 unspecified atom stereocenters. The first-order valence-electron chi connectivity index (χ1n) is 13.9. The van der Waals surface area contributed by atoms with Gasteiger partial charge in [-0.1, -0.05) is 86.5 Å². The molecule has 0 saturated heterocycles. The van der Waals surface area contributed by atoms with Crippen LogP contribution >= 0.6 is 0 Å². The normalized spacial score (nSPS) is 12.0. The van der Waals surface area contributed by atoms with E-state index in [1.54, 1.807) is 41.3 Å². The number of amides is 2. The summed E-state index contributed by atoms with van der Waals surface area (Å²) in [5.41, 5.74) is 3.13. The molecule has 8 heteroatoms. The van der Waals surface area contributed by atoms with Crippen LogP contribution in [0.3, 0.4) is 0 Å². The van der Waals surface area contributed by atoms with Crippen LogP contribution in [0.2, 0.25) is 0 Å². The summed E-state index contributed by atoms with van der Waals surface area (Å²) in [5, 5.41) is 2.96. The topological polar surface area (TPSA) is 86.8 Å². The maximum absolute atomic E-state index is 14.1. The SMILES string of the molecule is CCCCNC(=O)[C@@H](CC)N(CCc1ccccc1)C(=O)CN(c1ccccc1C)S(=O)(=O)c1ccc(C)cc1. The Kier molecular flexibility index (Phi) is 11.3. The number of benzene rings is 3. The predicted molar refractivity (Wildman–Crippen MR) is 161 cm³/mol. The highest BCUT2D eigenvalue weighted by molar-refractivity contribution is 7.92. The maximum Gasteiger partial charge on any atom is 0.264 e. The molecule has 1 N–H and O–H groups in total. The second-order valence-corrected chi connectivity index (χ2v) is 11.9. The minimum atomic E-state index is -4.07. The number of para-hydroxylation sites is 1. The molecular weight excluding hydrogens is 522 g/mol. The Morgan fingerprint density at radius 3 is 2.15 bits per heavy atom. The van der Waals surface area contributed by atoms with E-state index >= 15 is 0 Å². The fraction of sp³-hybridized carbons (Fsp3) is 0.375. The monoisotopic (exact) mass is 563 g/mol. The van der Waals surface area contributed by atoms with Gasteiger partial charge < -0.3 is 10.2 Å². The first-order chi connectivity index (χ1) is 19.2. The molecule has 1 atom stereocenters. The van der Waals surface area contributed by atoms with Crippen LogP contribution in [-0.2, 0) is 26.0 Å². The molecule has 3 aromatic carbocycles. The van der Waals surface area contributed by atoms with Crippen LogP contribution in [-0.4, -0.2) is 50.8 Å². The number of hydrogen-bond donors (Lipinski definition) is 1. The summed E-state index contributed by atoms with van der Waals surface area (Å²) in [6, 6.07) is 22.8. The van der Waals surface area contributed by atoms with Crippen molar-refractivity contribution in [2.24, 2.45) is 0 Å². The first kappa shape index (κ1) is 30.9. The molecule has 0 saturated carbocycles. The standard InChI is InChI=1S/C32H41N3O4S/c1-5-7-22-33-32(37)29(6-2)34(23-21-27-14-9-8-10-15-27)31(36)24-35(30-16-12-11-13-26(30)4)40(38,39)28-19-17-25(3)18-20-28/h8-20,29H,5-7,21-24H2,1-4H3,(H,33,37)/t29-/m1/s1. The minimum Gasteiger partial charge on any atom is -0.354 e. The molecule has 0 aliphatic rings. The van der Waals surface area contributed by atoms with Gasteiger partial charge in [0.25, 0.3) is 10.0 Å². The van der Waals surface area contributed by atoms with Crippen LogP contribution in [0, 0.1) is 13.8 Å². The second-order valence-electron chi connectivity index (χ2n) is 10.0. The molecule has 0 aliphatic heterocycles. The Hall–Kier alpha value is -3.65. The largest absolute Gasteiger partial charge is 0.354 e. The van der Waals surface area contributed by atoms with E-state index < -0.39 is 28.5 Å². The van der Waals surface area contributed by atoms with Crippen molar-refractivity contribution in [3.8, 4) is 0 Å². The average molecular weight is 564 g/mol. The van der Waals surface area contributed by atoms with Crippen LogP contribution in [0.15, 0.2) is 83.8 Å². The summed E-state index contributed by atoms with van der Waals surface area (Å²) < 4.78 is 29.1. The van der Waals surface area contributed by atoms with Crippen molar-refractivity contribution in [2.75, 3.05) is 23.9 Å². The number of sulfonamides is 1. The Labute approximate surface area is 239 Å². The van der Waals surface area contributed by atoms with Gasteiger partial charge in [0.05, 0.1) is 10.6 Å². The van der Waals surface area contributed by atoms with Crippen LogP contribution in [0.4, 0.5) is 5.69 Å². The molecule has 7 nitrogen and oxygen atoms in total. The van der Waals surface area contributed by atoms with Crippen LogP contribution in [0.5, 0.6) is 0 Å². The number of nitrogens with one attached hydrogen (secondary N) is 1. The molecule has 3 rings (SSSR count). The summed E-state index contributed by atoms with van der Waals surface area (Å²) in [6.07, 6.45) is 2.74. The fourth-order valence-electron chi connectivity index (χ4n) is 4.60. The first-order valence-corrected chi connectivity index (χ1v) is 15.4. The molecule has 0 radical (unpaired) electrons. The zero-order valence-electron chi connectivity index (χ0n) is 24.0. The van der Waals surface area contributed by atoms with E-state index in [4.69, 9.17) is 0 Å². The lowest BCUT2D eigenvalue weighted by Gasteiger charge is -2.33. The molecule has 0 fully saturated rings. The zero-order chi connectivity index (χ0) is 29.1. The number of hydrogen-bond acceptors (Lipinski definition) is 4. The molecule has 0 aromatic heterocycles. The average Bonchev–Trinajstić information content (AvgIpc) is 2.95. The van der Waals surface area contributed by atoms with Gasteiger partial charge in [-0.25, -0.2) is 8.42 Å². The lowest BCUT2D eigenvalue weighted by molar-refractivity contribution is -0.139. The minimum absolute atomic E-state index is 0.106. The van der Waals surface area contributed by atoms with Gasteiger partial charge in [-0.15, -0.1) is 0 Å². The van der Waals surface area contributed by atoms with E-state index in [-0.39, 0.29) is 17.3 Å². The van der Waals surface area contributed by atoms with Crippen LogP contribution in [0.25, 0.3) is 0 Å². The molecule has 0 aliphatic carbocycles. The van der Waals surface area contributed by atoms with E-state index in [9.17, 15) is 18.0 Å². The number of aryl methyl sites for hydroxylation is 2. The Morgan fingerprint density at radius 2 is 1.52 bits per heavy atom. The summed E-state index contributed by atoms with van der Waals surface area (Å²) in [4.78, 5) is 28.9. The van der Waals surface area contributed by atoms with Gasteiger partial charge in [0, 0.05) is 13.1 Å². The number of rotatable bonds is 14. The van der Waals surface area contributed by atoms with E-state index in [0.717, 1.165) is 29.5 Å². The van der Waals surface area contributed by atoms with Gasteiger partial charge in [0.15, 0.2) is 0 Å². The molecule has 214 valence electrons. The van der Waals surface area contributed by atoms with Gasteiger partial charge >= 0.3 is 0 Å². The van der Waals surface area contributed by atoms with E-state index in [2.05, 4.69) is 5.32 Å². The molecule has 0 bridgehead atoms. The van der Waals surface area contributed by atoms with Crippen molar-refractivity contribution >= 4 is 27.5 Å². The van der Waals surface area contributed by atoms with Gasteiger partial charge in [-0.3, -0.25) is 13.9 Å². The Balaban J connectivity index is 1.99. The summed E-state index contributed by atoms with van der Waals surface area (Å²) in [6.45, 7) is 8.02. The van der Waals surface area contributed by atoms with Gasteiger partial charge in [-0.2, -0.15) is 0 Å². The number of carbonyl (C=O) groups excluding carboxylic acids is 2. The van der Waals surface area contributed by atoms with E-state index in [1.165, 1.54) is 4.31 Å². The number of nitrogens with zero attached hydrogens (tertiary/aromatic N) is 2. The number of carbonyl (C=O) groups is 2. The van der Waals surface area contributed by atoms with Crippen molar-refractivity contribution in [3.63, 3.8) is 0 Å². The summed E-state index contributed by atoms with van der Waals surface area (Å²) >= 11 is 0. The molecule has 0 heterocycles. The highest BCUT2D eigenvalue weighted by Gasteiger charge is 2.33. The Bertz CT molecular complexity index is 1360. The van der Waals surface area contributed by atoms with Gasteiger partial charge in [0.1, 0.15) is 12.6 Å². The summed E-state index contributed by atoms with van der Waals surface area (Å²) in [7, 11) is -4.07. The quantitative estimate of drug-likeness (QED) is 0.271.